The highest BCUT2D eigenvalue weighted by atomic mass is 127. The van der Waals surface area contributed by atoms with Crippen molar-refractivity contribution in [3.05, 3.63) is 71.3 Å². The number of aliphatic imine (C=N–C) groups is 1. The number of ether oxygens (including phenoxy) is 1. The van der Waals surface area contributed by atoms with Crippen LogP contribution in [0.5, 0.6) is 0 Å². The summed E-state index contributed by atoms with van der Waals surface area (Å²) in [6.07, 6.45) is -0.595. The van der Waals surface area contributed by atoms with Crippen LogP contribution in [0.2, 0.25) is 0 Å². The number of nitrogens with zero attached hydrogens (tertiary/aromatic N) is 1. The molecule has 2 rings (SSSR count). The molecule has 0 aliphatic carbocycles. The number of rotatable bonds is 9. The van der Waals surface area contributed by atoms with E-state index in [1.165, 1.54) is 5.56 Å². The molecule has 0 heterocycles. The van der Waals surface area contributed by atoms with Gasteiger partial charge in [-0.15, -0.1) is 24.0 Å². The standard InChI is InChI=1S/C21H29N3O2.HI/c1-3-22-21(23-13-18-11-9-17(2)10-12-18)24-14-20(25)16-26-15-19-7-5-4-6-8-19;/h4-12,20,25H,3,13-16H2,1-2H3,(H2,22,23,24);1H. The Bertz CT molecular complexity index is 663. The Morgan fingerprint density at radius 2 is 1.74 bits per heavy atom. The zero-order chi connectivity index (χ0) is 18.6. The fraction of sp³-hybridized carbons (Fsp3) is 0.381. The maximum absolute atomic E-state index is 10.1. The van der Waals surface area contributed by atoms with Crippen molar-refractivity contribution in [2.45, 2.75) is 33.1 Å². The number of aliphatic hydroxyl groups excluding tert-OH is 1. The lowest BCUT2D eigenvalue weighted by molar-refractivity contribution is 0.0308. The maximum atomic E-state index is 10.1. The van der Waals surface area contributed by atoms with Gasteiger partial charge in [0.25, 0.3) is 0 Å². The summed E-state index contributed by atoms with van der Waals surface area (Å²) in [7, 11) is 0. The summed E-state index contributed by atoms with van der Waals surface area (Å²) in [6, 6.07) is 18.3. The Morgan fingerprint density at radius 3 is 2.41 bits per heavy atom. The third kappa shape index (κ3) is 9.74. The minimum Gasteiger partial charge on any atom is -0.389 e. The molecule has 27 heavy (non-hydrogen) atoms. The van der Waals surface area contributed by atoms with Gasteiger partial charge in [-0.2, -0.15) is 0 Å². The second-order valence-corrected chi connectivity index (χ2v) is 6.22. The maximum Gasteiger partial charge on any atom is 0.191 e. The van der Waals surface area contributed by atoms with Gasteiger partial charge in [-0.25, -0.2) is 4.99 Å². The van der Waals surface area contributed by atoms with Crippen LogP contribution in [0, 0.1) is 6.92 Å². The van der Waals surface area contributed by atoms with Crippen LogP contribution in [0.25, 0.3) is 0 Å². The quantitative estimate of drug-likeness (QED) is 0.291. The molecule has 0 amide bonds. The van der Waals surface area contributed by atoms with Gasteiger partial charge in [-0.1, -0.05) is 60.2 Å². The van der Waals surface area contributed by atoms with Crippen LogP contribution >= 0.6 is 24.0 Å². The van der Waals surface area contributed by atoms with Crippen LogP contribution in [0.3, 0.4) is 0 Å². The van der Waals surface area contributed by atoms with Gasteiger partial charge in [0.1, 0.15) is 0 Å². The van der Waals surface area contributed by atoms with E-state index in [0.29, 0.717) is 25.7 Å². The molecule has 0 bridgehead atoms. The number of benzene rings is 2. The van der Waals surface area contributed by atoms with E-state index in [1.807, 2.05) is 37.3 Å². The van der Waals surface area contributed by atoms with Gasteiger partial charge in [0.2, 0.25) is 0 Å². The molecule has 6 heteroatoms. The van der Waals surface area contributed by atoms with Crippen LogP contribution in [-0.2, 0) is 17.9 Å². The largest absolute Gasteiger partial charge is 0.389 e. The average Bonchev–Trinajstić information content (AvgIpc) is 2.66. The number of aryl methyl sites for hydroxylation is 1. The minimum atomic E-state index is -0.595. The molecule has 2 aromatic carbocycles. The fourth-order valence-corrected chi connectivity index (χ4v) is 2.37. The van der Waals surface area contributed by atoms with E-state index in [-0.39, 0.29) is 30.6 Å². The predicted octanol–water partition coefficient (Wildman–Crippen LogP) is 3.25. The summed E-state index contributed by atoms with van der Waals surface area (Å²) in [5.41, 5.74) is 3.49. The summed E-state index contributed by atoms with van der Waals surface area (Å²) in [6.45, 7) is 6.60. The summed E-state index contributed by atoms with van der Waals surface area (Å²) in [4.78, 5) is 4.56. The number of guanidine groups is 1. The van der Waals surface area contributed by atoms with Gasteiger partial charge in [-0.3, -0.25) is 0 Å². The molecular formula is C21H30IN3O2. The minimum absolute atomic E-state index is 0. The number of hydrogen-bond acceptors (Lipinski definition) is 3. The van der Waals surface area contributed by atoms with Crippen LogP contribution in [0.15, 0.2) is 59.6 Å². The van der Waals surface area contributed by atoms with E-state index < -0.39 is 6.10 Å². The molecule has 0 spiro atoms. The molecule has 1 atom stereocenters. The van der Waals surface area contributed by atoms with E-state index in [1.54, 1.807) is 0 Å². The first kappa shape index (κ1) is 23.4. The van der Waals surface area contributed by atoms with Gasteiger partial charge >= 0.3 is 0 Å². The first-order valence-electron chi connectivity index (χ1n) is 9.05. The third-order valence-electron chi connectivity index (χ3n) is 3.81. The highest BCUT2D eigenvalue weighted by molar-refractivity contribution is 14.0. The van der Waals surface area contributed by atoms with E-state index in [9.17, 15) is 5.11 Å². The topological polar surface area (TPSA) is 65.9 Å². The summed E-state index contributed by atoms with van der Waals surface area (Å²) >= 11 is 0. The third-order valence-corrected chi connectivity index (χ3v) is 3.81. The lowest BCUT2D eigenvalue weighted by Gasteiger charge is -2.15. The van der Waals surface area contributed by atoms with Crippen molar-refractivity contribution in [2.24, 2.45) is 4.99 Å². The van der Waals surface area contributed by atoms with Crippen molar-refractivity contribution in [1.29, 1.82) is 0 Å². The van der Waals surface area contributed by atoms with Crippen molar-refractivity contribution in [3.63, 3.8) is 0 Å². The van der Waals surface area contributed by atoms with E-state index in [2.05, 4.69) is 46.8 Å². The number of hydrogen-bond donors (Lipinski definition) is 3. The molecular weight excluding hydrogens is 453 g/mol. The zero-order valence-corrected chi connectivity index (χ0v) is 18.4. The Morgan fingerprint density at radius 1 is 1.04 bits per heavy atom. The molecule has 3 N–H and O–H groups in total. The lowest BCUT2D eigenvalue weighted by Crippen LogP contribution is -2.42. The smallest absolute Gasteiger partial charge is 0.191 e. The monoisotopic (exact) mass is 483 g/mol. The zero-order valence-electron chi connectivity index (χ0n) is 16.0. The average molecular weight is 483 g/mol. The molecule has 0 aliphatic rings. The van der Waals surface area contributed by atoms with E-state index >= 15 is 0 Å². The molecule has 0 radical (unpaired) electrons. The number of aliphatic hydroxyl groups is 1. The fourth-order valence-electron chi connectivity index (χ4n) is 2.37. The molecule has 0 saturated carbocycles. The first-order valence-corrected chi connectivity index (χ1v) is 9.05. The van der Waals surface area contributed by atoms with Gasteiger partial charge in [-0.05, 0) is 25.0 Å². The summed E-state index contributed by atoms with van der Waals surface area (Å²) in [5, 5.41) is 16.4. The van der Waals surface area contributed by atoms with Crippen molar-refractivity contribution < 1.29 is 9.84 Å². The first-order chi connectivity index (χ1) is 12.7. The van der Waals surface area contributed by atoms with Crippen molar-refractivity contribution in [3.8, 4) is 0 Å². The highest BCUT2D eigenvalue weighted by Crippen LogP contribution is 2.04. The predicted molar refractivity (Wildman–Crippen MR) is 122 cm³/mol. The molecule has 2 aromatic rings. The van der Waals surface area contributed by atoms with Gasteiger partial charge in [0, 0.05) is 13.1 Å². The van der Waals surface area contributed by atoms with Crippen molar-refractivity contribution in [2.75, 3.05) is 19.7 Å². The molecule has 0 saturated heterocycles. The van der Waals surface area contributed by atoms with E-state index in [4.69, 9.17) is 4.74 Å². The highest BCUT2D eigenvalue weighted by Gasteiger charge is 2.06. The summed E-state index contributed by atoms with van der Waals surface area (Å²) in [5.74, 6) is 0.690. The van der Waals surface area contributed by atoms with Gasteiger partial charge in [0.05, 0.1) is 25.9 Å². The SMILES string of the molecule is CCNC(=NCc1ccc(C)cc1)NCC(O)COCc1ccccc1.I. The molecule has 5 nitrogen and oxygen atoms in total. The second-order valence-electron chi connectivity index (χ2n) is 6.22. The van der Waals surface area contributed by atoms with Crippen LogP contribution in [0.1, 0.15) is 23.6 Å². The Balaban J connectivity index is 0.00000364. The van der Waals surface area contributed by atoms with Crippen molar-refractivity contribution >= 4 is 29.9 Å². The van der Waals surface area contributed by atoms with E-state index in [0.717, 1.165) is 17.7 Å². The van der Waals surface area contributed by atoms with Gasteiger partial charge in [0.15, 0.2) is 5.96 Å². The van der Waals surface area contributed by atoms with Crippen LogP contribution in [0.4, 0.5) is 0 Å². The number of halogens is 1. The Labute approximate surface area is 179 Å². The normalized spacial score (nSPS) is 12.2. The molecule has 148 valence electrons. The molecule has 0 aromatic heterocycles. The molecule has 0 aliphatic heterocycles. The summed E-state index contributed by atoms with van der Waals surface area (Å²) < 4.78 is 5.56. The van der Waals surface area contributed by atoms with Crippen LogP contribution < -0.4 is 10.6 Å². The van der Waals surface area contributed by atoms with Gasteiger partial charge < -0.3 is 20.5 Å². The Hall–Kier alpha value is -1.64. The second kappa shape index (κ2) is 13.5. The number of nitrogens with one attached hydrogen (secondary N) is 2. The molecule has 0 fully saturated rings. The van der Waals surface area contributed by atoms with Crippen molar-refractivity contribution in [1.82, 2.24) is 10.6 Å². The molecule has 1 unspecified atom stereocenters. The van der Waals surface area contributed by atoms with Crippen LogP contribution in [-0.4, -0.2) is 36.9 Å². The lowest BCUT2D eigenvalue weighted by atomic mass is 10.1. The Kier molecular flexibility index (Phi) is 11.7.